The van der Waals surface area contributed by atoms with Crippen LogP contribution in [0.5, 0.6) is 0 Å². The van der Waals surface area contributed by atoms with Gasteiger partial charge in [0.15, 0.2) is 0 Å². The van der Waals surface area contributed by atoms with Crippen molar-refractivity contribution in [3.63, 3.8) is 0 Å². The first-order valence-corrected chi connectivity index (χ1v) is 7.16. The fourth-order valence-corrected chi connectivity index (χ4v) is 1.87. The van der Waals surface area contributed by atoms with E-state index in [-0.39, 0.29) is 18.9 Å². The van der Waals surface area contributed by atoms with E-state index in [0.717, 1.165) is 0 Å². The number of amides is 2. The highest BCUT2D eigenvalue weighted by Gasteiger charge is 2.21. The van der Waals surface area contributed by atoms with E-state index in [1.165, 1.54) is 7.11 Å². The van der Waals surface area contributed by atoms with Crippen LogP contribution in [0.1, 0.15) is 29.6 Å². The third-order valence-corrected chi connectivity index (χ3v) is 3.05. The Kier molecular flexibility index (Phi) is 7.86. The zero-order valence-corrected chi connectivity index (χ0v) is 12.9. The van der Waals surface area contributed by atoms with E-state index >= 15 is 0 Å². The lowest BCUT2D eigenvalue weighted by Gasteiger charge is -2.16. The van der Waals surface area contributed by atoms with Crippen LogP contribution < -0.4 is 10.6 Å². The van der Waals surface area contributed by atoms with Gasteiger partial charge in [0.25, 0.3) is 5.91 Å². The molecule has 0 saturated heterocycles. The van der Waals surface area contributed by atoms with Crippen molar-refractivity contribution in [1.82, 2.24) is 10.6 Å². The number of carbonyl (C=O) groups is 3. The van der Waals surface area contributed by atoms with Gasteiger partial charge in [-0.1, -0.05) is 18.2 Å². The Balaban J connectivity index is 2.47. The molecule has 0 saturated carbocycles. The number of rotatable bonds is 8. The van der Waals surface area contributed by atoms with E-state index in [2.05, 4.69) is 15.4 Å². The van der Waals surface area contributed by atoms with Gasteiger partial charge >= 0.3 is 5.97 Å². The lowest BCUT2D eigenvalue weighted by atomic mass is 10.1. The first-order chi connectivity index (χ1) is 11.1. The molecule has 0 aliphatic heterocycles. The zero-order chi connectivity index (χ0) is 17.1. The number of unbranched alkanes of at least 4 members (excludes halogenated alkanes) is 1. The van der Waals surface area contributed by atoms with Crippen LogP contribution >= 0.6 is 0 Å². The molecule has 1 aromatic carbocycles. The molecule has 0 fully saturated rings. The van der Waals surface area contributed by atoms with Gasteiger partial charge in [0.2, 0.25) is 5.91 Å². The molecular weight excluding hydrogens is 298 g/mol. The van der Waals surface area contributed by atoms with Crippen LogP contribution in [-0.4, -0.2) is 37.5 Å². The second-order valence-electron chi connectivity index (χ2n) is 4.74. The number of ether oxygens (including phenoxy) is 1. The van der Waals surface area contributed by atoms with E-state index < -0.39 is 17.9 Å². The van der Waals surface area contributed by atoms with Crippen molar-refractivity contribution < 1.29 is 19.1 Å². The van der Waals surface area contributed by atoms with Crippen LogP contribution in [-0.2, 0) is 14.3 Å². The number of benzene rings is 1. The third kappa shape index (κ3) is 6.61. The smallest absolute Gasteiger partial charge is 0.328 e. The lowest BCUT2D eigenvalue weighted by molar-refractivity contribution is -0.145. The van der Waals surface area contributed by atoms with Gasteiger partial charge in [-0.2, -0.15) is 5.26 Å². The van der Waals surface area contributed by atoms with Crippen molar-refractivity contribution >= 4 is 17.8 Å². The van der Waals surface area contributed by atoms with Crippen LogP contribution in [0.3, 0.4) is 0 Å². The monoisotopic (exact) mass is 317 g/mol. The maximum Gasteiger partial charge on any atom is 0.328 e. The van der Waals surface area contributed by atoms with E-state index in [9.17, 15) is 14.4 Å². The molecule has 23 heavy (non-hydrogen) atoms. The normalized spacial score (nSPS) is 11.0. The number of nitriles is 1. The summed E-state index contributed by atoms with van der Waals surface area (Å²) in [6, 6.07) is 9.63. The van der Waals surface area contributed by atoms with Crippen molar-refractivity contribution in [2.75, 3.05) is 13.7 Å². The van der Waals surface area contributed by atoms with E-state index in [0.29, 0.717) is 18.4 Å². The molecule has 0 aliphatic carbocycles. The second-order valence-corrected chi connectivity index (χ2v) is 4.74. The third-order valence-electron chi connectivity index (χ3n) is 3.05. The quantitative estimate of drug-likeness (QED) is 0.544. The molecule has 0 aromatic heterocycles. The molecule has 122 valence electrons. The van der Waals surface area contributed by atoms with E-state index in [1.807, 2.05) is 6.07 Å². The standard InChI is InChI=1S/C16H19N3O4/c1-23-16(22)13(9-5-6-10-17)19-14(20)11-18-15(21)12-7-3-2-4-8-12/h2-4,7-8,13H,5-6,9,11H2,1H3,(H,18,21)(H,19,20)/t13-/m0/s1. The second kappa shape index (κ2) is 9.95. The summed E-state index contributed by atoms with van der Waals surface area (Å²) < 4.78 is 4.61. The number of carbonyl (C=O) groups excluding carboxylic acids is 3. The van der Waals surface area contributed by atoms with Gasteiger partial charge in [-0.15, -0.1) is 0 Å². The Morgan fingerprint density at radius 3 is 2.57 bits per heavy atom. The molecular formula is C16H19N3O4. The zero-order valence-electron chi connectivity index (χ0n) is 12.9. The summed E-state index contributed by atoms with van der Waals surface area (Å²) in [7, 11) is 1.23. The molecule has 0 unspecified atom stereocenters. The largest absolute Gasteiger partial charge is 0.467 e. The Morgan fingerprint density at radius 1 is 1.26 bits per heavy atom. The molecule has 2 amide bonds. The molecule has 7 nitrogen and oxygen atoms in total. The predicted molar refractivity (Wildman–Crippen MR) is 82.2 cm³/mol. The molecule has 1 atom stereocenters. The summed E-state index contributed by atoms with van der Waals surface area (Å²) >= 11 is 0. The van der Waals surface area contributed by atoms with Gasteiger partial charge in [0.05, 0.1) is 19.7 Å². The van der Waals surface area contributed by atoms with Gasteiger partial charge < -0.3 is 15.4 Å². The maximum absolute atomic E-state index is 11.8. The summed E-state index contributed by atoms with van der Waals surface area (Å²) in [6.07, 6.45) is 1.06. The molecule has 0 heterocycles. The molecule has 1 aromatic rings. The predicted octanol–water partition coefficient (Wildman–Crippen LogP) is 0.768. The number of hydrogen-bond acceptors (Lipinski definition) is 5. The molecule has 0 aliphatic rings. The van der Waals surface area contributed by atoms with Gasteiger partial charge in [-0.25, -0.2) is 4.79 Å². The summed E-state index contributed by atoms with van der Waals surface area (Å²) in [6.45, 7) is -0.251. The molecule has 2 N–H and O–H groups in total. The fraction of sp³-hybridized carbons (Fsp3) is 0.375. The van der Waals surface area contributed by atoms with Gasteiger partial charge in [0, 0.05) is 12.0 Å². The Morgan fingerprint density at radius 2 is 1.96 bits per heavy atom. The van der Waals surface area contributed by atoms with Crippen LogP contribution in [0.2, 0.25) is 0 Å². The Bertz CT molecular complexity index is 581. The summed E-state index contributed by atoms with van der Waals surface area (Å²) in [4.78, 5) is 35.3. The molecule has 0 bridgehead atoms. The molecule has 1 rings (SSSR count). The van der Waals surface area contributed by atoms with Gasteiger partial charge in [-0.05, 0) is 25.0 Å². The van der Waals surface area contributed by atoms with Crippen molar-refractivity contribution in [1.29, 1.82) is 5.26 Å². The first kappa shape index (κ1) is 18.2. The SMILES string of the molecule is COC(=O)[C@H](CCCC#N)NC(=O)CNC(=O)c1ccccc1. The first-order valence-electron chi connectivity index (χ1n) is 7.16. The average molecular weight is 317 g/mol. The highest BCUT2D eigenvalue weighted by atomic mass is 16.5. The minimum Gasteiger partial charge on any atom is -0.467 e. The van der Waals surface area contributed by atoms with Crippen LogP contribution in [0, 0.1) is 11.3 Å². The van der Waals surface area contributed by atoms with E-state index in [1.54, 1.807) is 30.3 Å². The molecule has 0 radical (unpaired) electrons. The van der Waals surface area contributed by atoms with Gasteiger partial charge in [0.1, 0.15) is 6.04 Å². The summed E-state index contributed by atoms with van der Waals surface area (Å²) in [5.41, 5.74) is 0.443. The number of nitrogens with zero attached hydrogens (tertiary/aromatic N) is 1. The number of methoxy groups -OCH3 is 1. The maximum atomic E-state index is 11.8. The Labute approximate surface area is 134 Å². The average Bonchev–Trinajstić information content (AvgIpc) is 2.59. The number of hydrogen-bond donors (Lipinski definition) is 2. The van der Waals surface area contributed by atoms with Crippen LogP contribution in [0.4, 0.5) is 0 Å². The minimum absolute atomic E-state index is 0.251. The molecule has 0 spiro atoms. The van der Waals surface area contributed by atoms with E-state index in [4.69, 9.17) is 5.26 Å². The van der Waals surface area contributed by atoms with Crippen molar-refractivity contribution in [2.45, 2.75) is 25.3 Å². The minimum atomic E-state index is -0.825. The van der Waals surface area contributed by atoms with Crippen LogP contribution in [0.15, 0.2) is 30.3 Å². The summed E-state index contributed by atoms with van der Waals surface area (Å²) in [5, 5.41) is 13.5. The number of nitrogens with one attached hydrogen (secondary N) is 2. The fourth-order valence-electron chi connectivity index (χ4n) is 1.87. The highest BCUT2D eigenvalue weighted by molar-refractivity contribution is 5.96. The van der Waals surface area contributed by atoms with Crippen LogP contribution in [0.25, 0.3) is 0 Å². The highest BCUT2D eigenvalue weighted by Crippen LogP contribution is 2.02. The van der Waals surface area contributed by atoms with Crippen molar-refractivity contribution in [3.05, 3.63) is 35.9 Å². The van der Waals surface area contributed by atoms with Crippen molar-refractivity contribution in [3.8, 4) is 6.07 Å². The van der Waals surface area contributed by atoms with Gasteiger partial charge in [-0.3, -0.25) is 9.59 Å². The van der Waals surface area contributed by atoms with Crippen molar-refractivity contribution in [2.24, 2.45) is 0 Å². The summed E-state index contributed by atoms with van der Waals surface area (Å²) in [5.74, 6) is -1.45. The topological polar surface area (TPSA) is 108 Å². The Hall–Kier alpha value is -2.88. The lowest BCUT2D eigenvalue weighted by Crippen LogP contribution is -2.46. The molecule has 7 heteroatoms. The number of esters is 1.